The fourth-order valence-corrected chi connectivity index (χ4v) is 4.02. The molecule has 0 aromatic heterocycles. The SMILES string of the molecule is c1cc2c(c(N3CCN4CCCC4C3)c1)CCNC2. The molecule has 1 atom stereocenters. The van der Waals surface area contributed by atoms with E-state index in [1.54, 1.807) is 5.56 Å². The van der Waals surface area contributed by atoms with Crippen LogP contribution < -0.4 is 10.2 Å². The highest BCUT2D eigenvalue weighted by atomic mass is 15.3. The average Bonchev–Trinajstić information content (AvgIpc) is 2.94. The van der Waals surface area contributed by atoms with Crippen molar-refractivity contribution in [1.82, 2.24) is 10.2 Å². The number of anilines is 1. The number of hydrogen-bond donors (Lipinski definition) is 1. The molecule has 0 saturated carbocycles. The Hall–Kier alpha value is -1.06. The standard InChI is InChI=1S/C16H23N3/c1-3-13-11-17-7-6-15(13)16(5-1)19-10-9-18-8-2-4-14(18)12-19/h1,3,5,14,17H,2,4,6-12H2. The van der Waals surface area contributed by atoms with Gasteiger partial charge in [-0.15, -0.1) is 0 Å². The Morgan fingerprint density at radius 1 is 1.16 bits per heavy atom. The van der Waals surface area contributed by atoms with Gasteiger partial charge in [0.2, 0.25) is 0 Å². The smallest absolute Gasteiger partial charge is 0.0403 e. The Morgan fingerprint density at radius 2 is 2.16 bits per heavy atom. The summed E-state index contributed by atoms with van der Waals surface area (Å²) in [6, 6.07) is 7.68. The van der Waals surface area contributed by atoms with Crippen LogP contribution in [0.5, 0.6) is 0 Å². The van der Waals surface area contributed by atoms with Crippen molar-refractivity contribution in [2.45, 2.75) is 31.8 Å². The minimum atomic E-state index is 0.811. The van der Waals surface area contributed by atoms with Gasteiger partial charge < -0.3 is 10.2 Å². The quantitative estimate of drug-likeness (QED) is 0.825. The summed E-state index contributed by atoms with van der Waals surface area (Å²) in [6.45, 7) is 7.21. The lowest BCUT2D eigenvalue weighted by atomic mass is 9.97. The second-order valence-corrected chi connectivity index (χ2v) is 6.12. The van der Waals surface area contributed by atoms with Crippen molar-refractivity contribution in [2.75, 3.05) is 37.6 Å². The average molecular weight is 257 g/mol. The van der Waals surface area contributed by atoms with Crippen LogP contribution in [0.4, 0.5) is 5.69 Å². The molecule has 2 fully saturated rings. The van der Waals surface area contributed by atoms with Crippen molar-refractivity contribution < 1.29 is 0 Å². The molecule has 19 heavy (non-hydrogen) atoms. The molecule has 3 aliphatic heterocycles. The number of nitrogens with zero attached hydrogens (tertiary/aromatic N) is 2. The van der Waals surface area contributed by atoms with E-state index in [4.69, 9.17) is 0 Å². The molecule has 102 valence electrons. The van der Waals surface area contributed by atoms with Crippen LogP contribution in [0.1, 0.15) is 24.0 Å². The maximum absolute atomic E-state index is 3.48. The Labute approximate surface area is 115 Å². The minimum absolute atomic E-state index is 0.811. The van der Waals surface area contributed by atoms with Crippen molar-refractivity contribution in [3.8, 4) is 0 Å². The lowest BCUT2D eigenvalue weighted by Crippen LogP contribution is -2.50. The lowest BCUT2D eigenvalue weighted by Gasteiger charge is -2.40. The zero-order chi connectivity index (χ0) is 12.7. The number of nitrogens with one attached hydrogen (secondary N) is 1. The molecule has 0 bridgehead atoms. The Bertz CT molecular complexity index is 471. The zero-order valence-corrected chi connectivity index (χ0v) is 11.6. The Morgan fingerprint density at radius 3 is 3.16 bits per heavy atom. The highest BCUT2D eigenvalue weighted by Crippen LogP contribution is 2.30. The number of rotatable bonds is 1. The topological polar surface area (TPSA) is 18.5 Å². The summed E-state index contributed by atoms with van der Waals surface area (Å²) in [6.07, 6.45) is 3.98. The maximum atomic E-state index is 3.48. The molecule has 0 spiro atoms. The van der Waals surface area contributed by atoms with Crippen LogP contribution in [0.15, 0.2) is 18.2 Å². The zero-order valence-electron chi connectivity index (χ0n) is 11.6. The fourth-order valence-electron chi connectivity index (χ4n) is 4.02. The summed E-state index contributed by atoms with van der Waals surface area (Å²) in [5.41, 5.74) is 4.64. The summed E-state index contributed by atoms with van der Waals surface area (Å²) >= 11 is 0. The molecule has 1 aromatic carbocycles. The van der Waals surface area contributed by atoms with E-state index < -0.39 is 0 Å². The first-order valence-corrected chi connectivity index (χ1v) is 7.72. The van der Waals surface area contributed by atoms with E-state index in [-0.39, 0.29) is 0 Å². The minimum Gasteiger partial charge on any atom is -0.368 e. The molecule has 1 N–H and O–H groups in total. The van der Waals surface area contributed by atoms with Crippen molar-refractivity contribution in [3.63, 3.8) is 0 Å². The summed E-state index contributed by atoms with van der Waals surface area (Å²) in [5.74, 6) is 0. The highest BCUT2D eigenvalue weighted by molar-refractivity contribution is 5.58. The monoisotopic (exact) mass is 257 g/mol. The molecule has 1 unspecified atom stereocenters. The molecule has 4 rings (SSSR count). The van der Waals surface area contributed by atoms with E-state index in [0.717, 1.165) is 19.1 Å². The van der Waals surface area contributed by atoms with E-state index in [1.165, 1.54) is 56.7 Å². The number of fused-ring (bicyclic) bond motifs is 2. The molecule has 0 amide bonds. The summed E-state index contributed by atoms with van der Waals surface area (Å²) in [7, 11) is 0. The third kappa shape index (κ3) is 2.05. The summed E-state index contributed by atoms with van der Waals surface area (Å²) in [5, 5.41) is 3.48. The van der Waals surface area contributed by atoms with Gasteiger partial charge in [0.15, 0.2) is 0 Å². The van der Waals surface area contributed by atoms with E-state index in [9.17, 15) is 0 Å². The molecule has 3 heteroatoms. The van der Waals surface area contributed by atoms with Crippen LogP contribution in [0.2, 0.25) is 0 Å². The molecule has 0 radical (unpaired) electrons. The van der Waals surface area contributed by atoms with Gasteiger partial charge in [0.25, 0.3) is 0 Å². The normalized spacial score (nSPS) is 27.2. The lowest BCUT2D eigenvalue weighted by molar-refractivity contribution is 0.231. The van der Waals surface area contributed by atoms with Gasteiger partial charge in [-0.25, -0.2) is 0 Å². The summed E-state index contributed by atoms with van der Waals surface area (Å²) < 4.78 is 0. The van der Waals surface area contributed by atoms with Crippen molar-refractivity contribution in [2.24, 2.45) is 0 Å². The molecule has 3 aliphatic rings. The predicted molar refractivity (Wildman–Crippen MR) is 78.7 cm³/mol. The van der Waals surface area contributed by atoms with E-state index in [2.05, 4.69) is 33.3 Å². The Balaban J connectivity index is 1.62. The third-order valence-electron chi connectivity index (χ3n) is 5.04. The van der Waals surface area contributed by atoms with Gasteiger partial charge in [0.05, 0.1) is 0 Å². The molecular weight excluding hydrogens is 234 g/mol. The van der Waals surface area contributed by atoms with Gasteiger partial charge in [-0.3, -0.25) is 4.90 Å². The van der Waals surface area contributed by atoms with Gasteiger partial charge in [0.1, 0.15) is 0 Å². The van der Waals surface area contributed by atoms with Crippen LogP contribution in [0.3, 0.4) is 0 Å². The molecule has 2 saturated heterocycles. The summed E-state index contributed by atoms with van der Waals surface area (Å²) in [4.78, 5) is 5.34. The second-order valence-electron chi connectivity index (χ2n) is 6.12. The fraction of sp³-hybridized carbons (Fsp3) is 0.625. The second kappa shape index (κ2) is 4.80. The van der Waals surface area contributed by atoms with Crippen LogP contribution in [-0.4, -0.2) is 43.7 Å². The number of benzene rings is 1. The predicted octanol–water partition coefficient (Wildman–Crippen LogP) is 1.62. The number of hydrogen-bond acceptors (Lipinski definition) is 3. The van der Waals surface area contributed by atoms with E-state index in [0.29, 0.717) is 0 Å². The first-order chi connectivity index (χ1) is 9.42. The van der Waals surface area contributed by atoms with Crippen molar-refractivity contribution in [1.29, 1.82) is 0 Å². The van der Waals surface area contributed by atoms with E-state index in [1.807, 2.05) is 0 Å². The number of piperazine rings is 1. The van der Waals surface area contributed by atoms with Gasteiger partial charge in [0, 0.05) is 37.9 Å². The first kappa shape index (κ1) is 11.7. The van der Waals surface area contributed by atoms with Crippen LogP contribution in [0, 0.1) is 0 Å². The van der Waals surface area contributed by atoms with Gasteiger partial charge >= 0.3 is 0 Å². The largest absolute Gasteiger partial charge is 0.368 e. The van der Waals surface area contributed by atoms with Crippen molar-refractivity contribution in [3.05, 3.63) is 29.3 Å². The molecule has 0 aliphatic carbocycles. The van der Waals surface area contributed by atoms with Gasteiger partial charge in [-0.05, 0) is 49.5 Å². The van der Waals surface area contributed by atoms with Crippen LogP contribution in [-0.2, 0) is 13.0 Å². The molecule has 3 heterocycles. The maximum Gasteiger partial charge on any atom is 0.0403 e. The first-order valence-electron chi connectivity index (χ1n) is 7.72. The van der Waals surface area contributed by atoms with Gasteiger partial charge in [-0.2, -0.15) is 0 Å². The van der Waals surface area contributed by atoms with Crippen LogP contribution in [0.25, 0.3) is 0 Å². The van der Waals surface area contributed by atoms with Crippen molar-refractivity contribution >= 4 is 5.69 Å². The molecule has 3 nitrogen and oxygen atoms in total. The third-order valence-corrected chi connectivity index (χ3v) is 5.04. The molecular formula is C16H23N3. The van der Waals surface area contributed by atoms with Crippen LogP contribution >= 0.6 is 0 Å². The highest BCUT2D eigenvalue weighted by Gasteiger charge is 2.31. The van der Waals surface area contributed by atoms with Gasteiger partial charge in [-0.1, -0.05) is 12.1 Å². The van der Waals surface area contributed by atoms with E-state index >= 15 is 0 Å². The Kier molecular flexibility index (Phi) is 2.97. The molecule has 1 aromatic rings.